The third kappa shape index (κ3) is 6.82. The molecule has 0 radical (unpaired) electrons. The first-order valence-corrected chi connectivity index (χ1v) is 12.2. The first kappa shape index (κ1) is 24.4. The van der Waals surface area contributed by atoms with Gasteiger partial charge in [0, 0.05) is 19.5 Å². The zero-order valence-corrected chi connectivity index (χ0v) is 19.4. The monoisotopic (exact) mass is 445 g/mol. The first-order valence-electron chi connectivity index (χ1n) is 10.4. The highest BCUT2D eigenvalue weighted by molar-refractivity contribution is 7.92. The molecule has 0 saturated heterocycles. The maximum absolute atomic E-state index is 12.5. The van der Waals surface area contributed by atoms with Crippen LogP contribution in [0, 0.1) is 13.8 Å². The van der Waals surface area contributed by atoms with E-state index in [9.17, 15) is 18.0 Å². The lowest BCUT2D eigenvalue weighted by atomic mass is 10.1. The molecule has 0 spiro atoms. The number of hydrogen-bond donors (Lipinski definition) is 2. The largest absolute Gasteiger partial charge is 0.352 e. The van der Waals surface area contributed by atoms with Gasteiger partial charge in [0.1, 0.15) is 0 Å². The molecule has 0 bridgehead atoms. The number of sulfonamides is 1. The average molecular weight is 446 g/mol. The van der Waals surface area contributed by atoms with Gasteiger partial charge in [-0.2, -0.15) is 0 Å². The molecule has 0 aliphatic carbocycles. The Balaban J connectivity index is 2.04. The van der Waals surface area contributed by atoms with Crippen LogP contribution in [0.1, 0.15) is 47.7 Å². The molecule has 2 N–H and O–H groups in total. The van der Waals surface area contributed by atoms with Gasteiger partial charge in [-0.1, -0.05) is 31.2 Å². The van der Waals surface area contributed by atoms with E-state index in [-0.39, 0.29) is 24.8 Å². The van der Waals surface area contributed by atoms with Crippen LogP contribution in [0.3, 0.4) is 0 Å². The van der Waals surface area contributed by atoms with Gasteiger partial charge in [-0.15, -0.1) is 0 Å². The number of carbonyl (C=O) groups excluding carboxylic acids is 2. The molecule has 7 nitrogen and oxygen atoms in total. The SMILES string of the molecule is CCCNC(=O)c1ccccc1NC(=O)CCCN(c1cccc(C)c1C)S(C)(=O)=O. The molecule has 2 amide bonds. The van der Waals surface area contributed by atoms with Gasteiger partial charge in [-0.05, 0) is 56.0 Å². The van der Waals surface area contributed by atoms with Crippen molar-refractivity contribution in [2.45, 2.75) is 40.0 Å². The second-order valence-corrected chi connectivity index (χ2v) is 9.41. The van der Waals surface area contributed by atoms with Gasteiger partial charge in [-0.3, -0.25) is 13.9 Å². The van der Waals surface area contributed by atoms with Crippen LogP contribution in [0.15, 0.2) is 42.5 Å². The summed E-state index contributed by atoms with van der Waals surface area (Å²) < 4.78 is 26.0. The summed E-state index contributed by atoms with van der Waals surface area (Å²) in [5.74, 6) is -0.513. The maximum Gasteiger partial charge on any atom is 0.253 e. The quantitative estimate of drug-likeness (QED) is 0.584. The van der Waals surface area contributed by atoms with Crippen LogP contribution in [0.2, 0.25) is 0 Å². The minimum absolute atomic E-state index is 0.127. The van der Waals surface area contributed by atoms with Gasteiger partial charge in [-0.25, -0.2) is 8.42 Å². The van der Waals surface area contributed by atoms with Crippen LogP contribution in [-0.2, 0) is 14.8 Å². The van der Waals surface area contributed by atoms with Crippen molar-refractivity contribution in [1.82, 2.24) is 5.32 Å². The predicted molar refractivity (Wildman–Crippen MR) is 125 cm³/mol. The van der Waals surface area contributed by atoms with Gasteiger partial charge in [0.2, 0.25) is 15.9 Å². The van der Waals surface area contributed by atoms with Crippen molar-refractivity contribution < 1.29 is 18.0 Å². The Bertz CT molecular complexity index is 1030. The number of amides is 2. The van der Waals surface area contributed by atoms with E-state index < -0.39 is 10.0 Å². The van der Waals surface area contributed by atoms with E-state index >= 15 is 0 Å². The number of rotatable bonds is 10. The lowest BCUT2D eigenvalue weighted by Gasteiger charge is -2.25. The standard InChI is InChI=1S/C23H31N3O4S/c1-5-15-24-23(28)19-11-6-7-12-20(19)25-22(27)14-9-16-26(31(4,29)30)21-13-8-10-17(2)18(21)3/h6-8,10-13H,5,9,14-16H2,1-4H3,(H,24,28)(H,25,27). The normalized spacial score (nSPS) is 11.1. The number of benzene rings is 2. The Morgan fingerprint density at radius 1 is 1.03 bits per heavy atom. The van der Waals surface area contributed by atoms with Gasteiger partial charge in [0.15, 0.2) is 0 Å². The Morgan fingerprint density at radius 2 is 1.74 bits per heavy atom. The minimum atomic E-state index is -3.49. The molecule has 2 aromatic rings. The maximum atomic E-state index is 12.5. The smallest absolute Gasteiger partial charge is 0.253 e. The van der Waals surface area contributed by atoms with E-state index in [2.05, 4.69) is 10.6 Å². The van der Waals surface area contributed by atoms with Crippen molar-refractivity contribution in [2.75, 3.05) is 29.0 Å². The molecule has 0 aliphatic rings. The van der Waals surface area contributed by atoms with Crippen molar-refractivity contribution in [3.8, 4) is 0 Å². The van der Waals surface area contributed by atoms with Crippen LogP contribution in [0.25, 0.3) is 0 Å². The average Bonchev–Trinajstić information content (AvgIpc) is 2.71. The summed E-state index contributed by atoms with van der Waals surface area (Å²) in [4.78, 5) is 24.8. The van der Waals surface area contributed by atoms with Crippen LogP contribution in [0.5, 0.6) is 0 Å². The molecule has 2 rings (SSSR count). The summed E-state index contributed by atoms with van der Waals surface area (Å²) in [5, 5.41) is 5.57. The number of para-hydroxylation sites is 1. The van der Waals surface area contributed by atoms with E-state index in [1.54, 1.807) is 30.3 Å². The molecule has 0 aromatic heterocycles. The zero-order valence-electron chi connectivity index (χ0n) is 18.6. The zero-order chi connectivity index (χ0) is 23.0. The summed E-state index contributed by atoms with van der Waals surface area (Å²) in [7, 11) is -3.49. The molecule has 0 heterocycles. The van der Waals surface area contributed by atoms with E-state index in [1.807, 2.05) is 32.9 Å². The summed E-state index contributed by atoms with van der Waals surface area (Å²) in [6, 6.07) is 12.4. The van der Waals surface area contributed by atoms with E-state index in [1.165, 1.54) is 10.6 Å². The second kappa shape index (κ2) is 10.9. The van der Waals surface area contributed by atoms with Gasteiger partial charge in [0.05, 0.1) is 23.2 Å². The number of nitrogens with zero attached hydrogens (tertiary/aromatic N) is 1. The van der Waals surface area contributed by atoms with Crippen molar-refractivity contribution in [1.29, 1.82) is 0 Å². The Kier molecular flexibility index (Phi) is 8.62. The lowest BCUT2D eigenvalue weighted by Crippen LogP contribution is -2.32. The van der Waals surface area contributed by atoms with Crippen molar-refractivity contribution in [3.63, 3.8) is 0 Å². The summed E-state index contributed by atoms with van der Waals surface area (Å²) in [6.45, 7) is 6.53. The first-order chi connectivity index (χ1) is 14.6. The third-order valence-electron chi connectivity index (χ3n) is 4.99. The second-order valence-electron chi connectivity index (χ2n) is 7.51. The molecule has 2 aromatic carbocycles. The van der Waals surface area contributed by atoms with E-state index in [0.29, 0.717) is 29.9 Å². The highest BCUT2D eigenvalue weighted by Crippen LogP contribution is 2.25. The molecule has 0 saturated carbocycles. The summed E-state index contributed by atoms with van der Waals surface area (Å²) >= 11 is 0. The van der Waals surface area contributed by atoms with Crippen molar-refractivity contribution >= 4 is 33.2 Å². The Labute approximate surface area is 184 Å². The van der Waals surface area contributed by atoms with Crippen LogP contribution in [0.4, 0.5) is 11.4 Å². The van der Waals surface area contributed by atoms with Gasteiger partial charge < -0.3 is 10.6 Å². The third-order valence-corrected chi connectivity index (χ3v) is 6.17. The van der Waals surface area contributed by atoms with E-state index in [0.717, 1.165) is 17.5 Å². The number of hydrogen-bond acceptors (Lipinski definition) is 4. The molecule has 31 heavy (non-hydrogen) atoms. The number of aryl methyl sites for hydroxylation is 1. The van der Waals surface area contributed by atoms with E-state index in [4.69, 9.17) is 0 Å². The molecule has 0 aliphatic heterocycles. The Hall–Kier alpha value is -2.87. The number of nitrogens with one attached hydrogen (secondary N) is 2. The Morgan fingerprint density at radius 3 is 2.42 bits per heavy atom. The van der Waals surface area contributed by atoms with Crippen LogP contribution < -0.4 is 14.9 Å². The van der Waals surface area contributed by atoms with Crippen molar-refractivity contribution in [2.24, 2.45) is 0 Å². The number of carbonyl (C=O) groups is 2. The van der Waals surface area contributed by atoms with Gasteiger partial charge >= 0.3 is 0 Å². The highest BCUT2D eigenvalue weighted by atomic mass is 32.2. The molecule has 0 unspecified atom stereocenters. The molecule has 0 atom stereocenters. The molecular weight excluding hydrogens is 414 g/mol. The molecule has 168 valence electrons. The molecule has 8 heteroatoms. The van der Waals surface area contributed by atoms with Gasteiger partial charge in [0.25, 0.3) is 5.91 Å². The molecular formula is C23H31N3O4S. The van der Waals surface area contributed by atoms with Crippen LogP contribution >= 0.6 is 0 Å². The summed E-state index contributed by atoms with van der Waals surface area (Å²) in [6.07, 6.45) is 2.45. The van der Waals surface area contributed by atoms with Crippen LogP contribution in [-0.4, -0.2) is 39.6 Å². The van der Waals surface area contributed by atoms with Crippen molar-refractivity contribution in [3.05, 3.63) is 59.2 Å². The fraction of sp³-hybridized carbons (Fsp3) is 0.391. The lowest BCUT2D eigenvalue weighted by molar-refractivity contribution is -0.116. The number of anilines is 2. The fourth-order valence-electron chi connectivity index (χ4n) is 3.19. The molecule has 0 fully saturated rings. The summed E-state index contributed by atoms with van der Waals surface area (Å²) in [5.41, 5.74) is 3.36. The topological polar surface area (TPSA) is 95.6 Å². The highest BCUT2D eigenvalue weighted by Gasteiger charge is 2.20. The fourth-order valence-corrected chi connectivity index (χ4v) is 4.21. The minimum Gasteiger partial charge on any atom is -0.352 e. The predicted octanol–water partition coefficient (Wildman–Crippen LogP) is 3.63.